The number of anilines is 1. The number of carbonyl (C=O) groups is 2. The lowest BCUT2D eigenvalue weighted by atomic mass is 10.1. The molecule has 1 fully saturated rings. The summed E-state index contributed by atoms with van der Waals surface area (Å²) in [7, 11) is 0. The van der Waals surface area contributed by atoms with E-state index in [0.29, 0.717) is 0 Å². The standard InChI is InChI=1S/C12H16N4O2/c13-10-8(11(14)17)4-3-5-9(10)12(18)15-16-6-1-2-7-16/h3-5H,1-2,6-7,13H2,(H2,14,17)(H,15,18). The number of para-hydroxylation sites is 1. The lowest BCUT2D eigenvalue weighted by Crippen LogP contribution is -2.40. The van der Waals surface area contributed by atoms with E-state index in [1.54, 1.807) is 12.1 Å². The van der Waals surface area contributed by atoms with Crippen LogP contribution in [-0.2, 0) is 0 Å². The summed E-state index contributed by atoms with van der Waals surface area (Å²) < 4.78 is 0. The molecule has 0 atom stereocenters. The fraction of sp³-hybridized carbons (Fsp3) is 0.333. The second-order valence-electron chi connectivity index (χ2n) is 4.27. The van der Waals surface area contributed by atoms with Gasteiger partial charge in [0.15, 0.2) is 0 Å². The van der Waals surface area contributed by atoms with Gasteiger partial charge in [-0.05, 0) is 25.0 Å². The third-order valence-electron chi connectivity index (χ3n) is 2.98. The van der Waals surface area contributed by atoms with Gasteiger partial charge in [-0.3, -0.25) is 15.0 Å². The van der Waals surface area contributed by atoms with Gasteiger partial charge in [0.1, 0.15) is 0 Å². The number of hydrogen-bond donors (Lipinski definition) is 3. The van der Waals surface area contributed by atoms with Crippen molar-refractivity contribution in [1.82, 2.24) is 10.4 Å². The van der Waals surface area contributed by atoms with Crippen LogP contribution in [0, 0.1) is 0 Å². The number of carbonyl (C=O) groups excluding carboxylic acids is 2. The predicted molar refractivity (Wildman–Crippen MR) is 67.6 cm³/mol. The second kappa shape index (κ2) is 5.05. The molecule has 1 aromatic rings. The Morgan fingerprint density at radius 3 is 2.39 bits per heavy atom. The number of hydrogen-bond acceptors (Lipinski definition) is 4. The summed E-state index contributed by atoms with van der Waals surface area (Å²) in [4.78, 5) is 23.2. The summed E-state index contributed by atoms with van der Waals surface area (Å²) in [6.45, 7) is 1.67. The van der Waals surface area contributed by atoms with E-state index in [-0.39, 0.29) is 22.7 Å². The maximum Gasteiger partial charge on any atom is 0.267 e. The van der Waals surface area contributed by atoms with E-state index < -0.39 is 5.91 Å². The largest absolute Gasteiger partial charge is 0.397 e. The number of nitrogens with two attached hydrogens (primary N) is 2. The third kappa shape index (κ3) is 2.43. The molecule has 1 aliphatic heterocycles. The van der Waals surface area contributed by atoms with Crippen LogP contribution in [0.4, 0.5) is 5.69 Å². The van der Waals surface area contributed by atoms with Crippen LogP contribution in [0.5, 0.6) is 0 Å². The second-order valence-corrected chi connectivity index (χ2v) is 4.27. The fourth-order valence-electron chi connectivity index (χ4n) is 2.01. The summed E-state index contributed by atoms with van der Waals surface area (Å²) in [5.74, 6) is -0.944. The zero-order chi connectivity index (χ0) is 13.1. The zero-order valence-electron chi connectivity index (χ0n) is 9.98. The summed E-state index contributed by atoms with van der Waals surface area (Å²) in [5.41, 5.74) is 14.3. The molecule has 0 spiro atoms. The smallest absolute Gasteiger partial charge is 0.267 e. The number of rotatable bonds is 3. The van der Waals surface area contributed by atoms with Crippen LogP contribution in [0.1, 0.15) is 33.6 Å². The van der Waals surface area contributed by atoms with Gasteiger partial charge in [0.25, 0.3) is 11.8 Å². The quantitative estimate of drug-likeness (QED) is 0.661. The van der Waals surface area contributed by atoms with Gasteiger partial charge >= 0.3 is 0 Å². The van der Waals surface area contributed by atoms with E-state index in [1.807, 2.05) is 5.01 Å². The lowest BCUT2D eigenvalue weighted by Gasteiger charge is -2.17. The first-order valence-corrected chi connectivity index (χ1v) is 5.84. The number of hydrazine groups is 1. The van der Waals surface area contributed by atoms with E-state index in [2.05, 4.69) is 5.43 Å². The molecule has 0 aliphatic carbocycles. The van der Waals surface area contributed by atoms with Crippen LogP contribution in [0.25, 0.3) is 0 Å². The summed E-state index contributed by atoms with van der Waals surface area (Å²) in [6.07, 6.45) is 2.13. The molecule has 2 rings (SSSR count). The highest BCUT2D eigenvalue weighted by Gasteiger charge is 2.19. The average Bonchev–Trinajstić information content (AvgIpc) is 2.81. The highest BCUT2D eigenvalue weighted by atomic mass is 16.2. The number of primary amides is 1. The van der Waals surface area contributed by atoms with Gasteiger partial charge in [0, 0.05) is 13.1 Å². The Balaban J connectivity index is 2.19. The highest BCUT2D eigenvalue weighted by Crippen LogP contribution is 2.17. The molecule has 2 amide bonds. The predicted octanol–water partition coefficient (Wildman–Crippen LogP) is 0.108. The highest BCUT2D eigenvalue weighted by molar-refractivity contribution is 6.06. The minimum Gasteiger partial charge on any atom is -0.397 e. The molecule has 6 heteroatoms. The minimum atomic E-state index is -0.636. The van der Waals surface area contributed by atoms with Crippen molar-refractivity contribution in [2.75, 3.05) is 18.8 Å². The Kier molecular flexibility index (Phi) is 3.47. The molecule has 6 nitrogen and oxygen atoms in total. The van der Waals surface area contributed by atoms with Crippen molar-refractivity contribution < 1.29 is 9.59 Å². The van der Waals surface area contributed by atoms with Gasteiger partial charge in [0.05, 0.1) is 16.8 Å². The Morgan fingerprint density at radius 2 is 1.78 bits per heavy atom. The fourth-order valence-corrected chi connectivity index (χ4v) is 2.01. The monoisotopic (exact) mass is 248 g/mol. The number of amides is 2. The van der Waals surface area contributed by atoms with Crippen LogP contribution in [-0.4, -0.2) is 29.9 Å². The van der Waals surface area contributed by atoms with E-state index >= 15 is 0 Å². The maximum atomic E-state index is 12.0. The van der Waals surface area contributed by atoms with Gasteiger partial charge in [-0.1, -0.05) is 6.07 Å². The van der Waals surface area contributed by atoms with Crippen LogP contribution < -0.4 is 16.9 Å². The first-order chi connectivity index (χ1) is 8.59. The molecule has 0 radical (unpaired) electrons. The van der Waals surface area contributed by atoms with Gasteiger partial charge in [0.2, 0.25) is 0 Å². The van der Waals surface area contributed by atoms with Crippen LogP contribution in [0.3, 0.4) is 0 Å². The maximum absolute atomic E-state index is 12.0. The molecule has 1 heterocycles. The van der Waals surface area contributed by atoms with Crippen LogP contribution in [0.15, 0.2) is 18.2 Å². The third-order valence-corrected chi connectivity index (χ3v) is 2.98. The van der Waals surface area contributed by atoms with E-state index in [4.69, 9.17) is 11.5 Å². The topological polar surface area (TPSA) is 101 Å². The van der Waals surface area contributed by atoms with Crippen molar-refractivity contribution in [1.29, 1.82) is 0 Å². The summed E-state index contributed by atoms with van der Waals surface area (Å²) >= 11 is 0. The van der Waals surface area contributed by atoms with Gasteiger partial charge in [-0.2, -0.15) is 0 Å². The van der Waals surface area contributed by atoms with Crippen LogP contribution in [0.2, 0.25) is 0 Å². The van der Waals surface area contributed by atoms with Gasteiger partial charge in [-0.25, -0.2) is 5.01 Å². The molecule has 5 N–H and O–H groups in total. The van der Waals surface area contributed by atoms with E-state index in [1.165, 1.54) is 6.07 Å². The Bertz CT molecular complexity index is 481. The molecule has 0 saturated carbocycles. The molecule has 96 valence electrons. The Hall–Kier alpha value is -2.08. The molecule has 0 bridgehead atoms. The molecule has 0 aromatic heterocycles. The molecule has 18 heavy (non-hydrogen) atoms. The lowest BCUT2D eigenvalue weighted by molar-refractivity contribution is 0.0827. The zero-order valence-corrected chi connectivity index (χ0v) is 9.98. The molecule has 1 aromatic carbocycles. The first-order valence-electron chi connectivity index (χ1n) is 5.84. The van der Waals surface area contributed by atoms with Crippen molar-refractivity contribution in [2.45, 2.75) is 12.8 Å². The average molecular weight is 248 g/mol. The van der Waals surface area contributed by atoms with Crippen molar-refractivity contribution in [3.63, 3.8) is 0 Å². The van der Waals surface area contributed by atoms with Crippen LogP contribution >= 0.6 is 0 Å². The summed E-state index contributed by atoms with van der Waals surface area (Å²) in [6, 6.07) is 4.67. The normalized spacial score (nSPS) is 15.6. The van der Waals surface area contributed by atoms with Crippen molar-refractivity contribution in [3.8, 4) is 0 Å². The van der Waals surface area contributed by atoms with Crippen molar-refractivity contribution >= 4 is 17.5 Å². The van der Waals surface area contributed by atoms with Gasteiger partial charge in [-0.15, -0.1) is 0 Å². The molecular formula is C12H16N4O2. The van der Waals surface area contributed by atoms with E-state index in [0.717, 1.165) is 25.9 Å². The number of nitrogen functional groups attached to an aromatic ring is 1. The molecule has 1 aliphatic rings. The SMILES string of the molecule is NC(=O)c1cccc(C(=O)NN2CCCC2)c1N. The van der Waals surface area contributed by atoms with E-state index in [9.17, 15) is 9.59 Å². The Morgan fingerprint density at radius 1 is 1.17 bits per heavy atom. The molecule has 0 unspecified atom stereocenters. The molecule has 1 saturated heterocycles. The minimum absolute atomic E-state index is 0.127. The van der Waals surface area contributed by atoms with Crippen molar-refractivity contribution in [3.05, 3.63) is 29.3 Å². The molecular weight excluding hydrogens is 232 g/mol. The van der Waals surface area contributed by atoms with Crippen molar-refractivity contribution in [2.24, 2.45) is 5.73 Å². The summed E-state index contributed by atoms with van der Waals surface area (Å²) in [5, 5.41) is 1.85. The van der Waals surface area contributed by atoms with Gasteiger partial charge < -0.3 is 11.5 Å². The Labute approximate surface area is 105 Å². The number of nitrogens with zero attached hydrogens (tertiary/aromatic N) is 1. The first kappa shape index (κ1) is 12.4. The number of benzene rings is 1. The number of nitrogens with one attached hydrogen (secondary N) is 1.